The van der Waals surface area contributed by atoms with Gasteiger partial charge in [0.05, 0.1) is 20.3 Å². The number of hydrogen-bond acceptors (Lipinski definition) is 6. The quantitative estimate of drug-likeness (QED) is 0.837. The summed E-state index contributed by atoms with van der Waals surface area (Å²) in [6.07, 6.45) is -0.220. The van der Waals surface area contributed by atoms with E-state index in [0.29, 0.717) is 6.54 Å². The number of aromatic amines is 1. The molecule has 1 fully saturated rings. The summed E-state index contributed by atoms with van der Waals surface area (Å²) in [5.41, 5.74) is 3.08. The van der Waals surface area contributed by atoms with E-state index in [2.05, 4.69) is 11.1 Å². The zero-order valence-electron chi connectivity index (χ0n) is 13.4. The van der Waals surface area contributed by atoms with Crippen molar-refractivity contribution < 1.29 is 23.9 Å². The van der Waals surface area contributed by atoms with Gasteiger partial charge in [-0.05, 0) is 18.1 Å². The average Bonchev–Trinajstić information content (AvgIpc) is 3.18. The van der Waals surface area contributed by atoms with Gasteiger partial charge in [-0.2, -0.15) is 5.06 Å². The van der Waals surface area contributed by atoms with E-state index in [1.54, 1.807) is 5.06 Å². The fourth-order valence-electron chi connectivity index (χ4n) is 3.80. The first kappa shape index (κ1) is 15.2. The van der Waals surface area contributed by atoms with E-state index >= 15 is 0 Å². The standard InChI is InChI=1S/C17H18N2O5/c1-22-16(20)12-14-13-10(9-5-3-4-6-11(9)18-13)7-8-19(14)24-15(12)17(21)23-2/h3-6,12,14-15,18H,7-8H2,1-2H3/t12-,14+,15-/m1/s1. The second-order valence-electron chi connectivity index (χ2n) is 6.00. The zero-order valence-corrected chi connectivity index (χ0v) is 13.4. The Bertz CT molecular complexity index is 814. The number of para-hydroxylation sites is 1. The number of H-pyrrole nitrogens is 1. The molecule has 0 saturated carbocycles. The molecule has 1 aromatic heterocycles. The van der Waals surface area contributed by atoms with Crippen molar-refractivity contribution in [2.45, 2.75) is 18.6 Å². The lowest BCUT2D eigenvalue weighted by Crippen LogP contribution is -2.37. The first-order valence-electron chi connectivity index (χ1n) is 7.84. The lowest BCUT2D eigenvalue weighted by molar-refractivity contribution is -0.190. The predicted octanol–water partition coefficient (Wildman–Crippen LogP) is 1.34. The summed E-state index contributed by atoms with van der Waals surface area (Å²) < 4.78 is 9.73. The van der Waals surface area contributed by atoms with Crippen molar-refractivity contribution in [3.05, 3.63) is 35.5 Å². The number of carbonyl (C=O) groups is 2. The Morgan fingerprint density at radius 3 is 2.71 bits per heavy atom. The molecule has 1 N–H and O–H groups in total. The molecule has 0 unspecified atom stereocenters. The molecule has 0 amide bonds. The topological polar surface area (TPSA) is 80.9 Å². The van der Waals surface area contributed by atoms with Crippen LogP contribution in [-0.2, 0) is 30.3 Å². The van der Waals surface area contributed by atoms with Crippen LogP contribution in [0.4, 0.5) is 0 Å². The summed E-state index contributed by atoms with van der Waals surface area (Å²) >= 11 is 0. The summed E-state index contributed by atoms with van der Waals surface area (Å²) in [7, 11) is 2.60. The molecule has 7 heteroatoms. The van der Waals surface area contributed by atoms with Crippen molar-refractivity contribution in [2.24, 2.45) is 5.92 Å². The number of nitrogens with zero attached hydrogens (tertiary/aromatic N) is 1. The number of carbonyl (C=O) groups excluding carboxylic acids is 2. The molecule has 2 aromatic rings. The molecule has 0 aliphatic carbocycles. The summed E-state index contributed by atoms with van der Waals surface area (Å²) in [4.78, 5) is 33.6. The van der Waals surface area contributed by atoms with Crippen LogP contribution in [0.5, 0.6) is 0 Å². The van der Waals surface area contributed by atoms with Crippen molar-refractivity contribution in [3.63, 3.8) is 0 Å². The number of aromatic nitrogens is 1. The van der Waals surface area contributed by atoms with Crippen LogP contribution in [0.2, 0.25) is 0 Å². The fourth-order valence-corrected chi connectivity index (χ4v) is 3.80. The van der Waals surface area contributed by atoms with Gasteiger partial charge in [-0.15, -0.1) is 0 Å². The van der Waals surface area contributed by atoms with Crippen LogP contribution in [0.15, 0.2) is 24.3 Å². The maximum Gasteiger partial charge on any atom is 0.338 e. The number of benzene rings is 1. The second-order valence-corrected chi connectivity index (χ2v) is 6.00. The van der Waals surface area contributed by atoms with Gasteiger partial charge in [0, 0.05) is 23.1 Å². The molecule has 3 heterocycles. The minimum atomic E-state index is -0.996. The first-order chi connectivity index (χ1) is 11.7. The van der Waals surface area contributed by atoms with Crippen molar-refractivity contribution in [1.29, 1.82) is 0 Å². The number of hydroxylamine groups is 2. The van der Waals surface area contributed by atoms with Crippen molar-refractivity contribution in [3.8, 4) is 0 Å². The largest absolute Gasteiger partial charge is 0.469 e. The molecule has 1 aromatic carbocycles. The molecule has 0 bridgehead atoms. The van der Waals surface area contributed by atoms with E-state index in [-0.39, 0.29) is 0 Å². The van der Waals surface area contributed by atoms with E-state index in [1.807, 2.05) is 18.2 Å². The van der Waals surface area contributed by atoms with Gasteiger partial charge in [0.2, 0.25) is 0 Å². The van der Waals surface area contributed by atoms with Crippen LogP contribution in [0, 0.1) is 5.92 Å². The Kier molecular flexibility index (Phi) is 3.54. The molecule has 7 nitrogen and oxygen atoms in total. The number of rotatable bonds is 2. The Labute approximate surface area is 138 Å². The molecule has 2 aliphatic heterocycles. The highest BCUT2D eigenvalue weighted by Crippen LogP contribution is 2.45. The highest BCUT2D eigenvalue weighted by Gasteiger charge is 2.55. The summed E-state index contributed by atoms with van der Waals surface area (Å²) in [6, 6.07) is 7.61. The fraction of sp³-hybridized carbons (Fsp3) is 0.412. The average molecular weight is 330 g/mol. The highest BCUT2D eigenvalue weighted by atomic mass is 16.7. The minimum Gasteiger partial charge on any atom is -0.469 e. The Balaban J connectivity index is 1.84. The van der Waals surface area contributed by atoms with Gasteiger partial charge in [0.15, 0.2) is 6.10 Å². The van der Waals surface area contributed by atoms with Crippen molar-refractivity contribution in [1.82, 2.24) is 10.0 Å². The smallest absolute Gasteiger partial charge is 0.338 e. The molecule has 2 aliphatic rings. The lowest BCUT2D eigenvalue weighted by Gasteiger charge is -2.29. The highest BCUT2D eigenvalue weighted by molar-refractivity contribution is 5.88. The number of nitrogens with one attached hydrogen (secondary N) is 1. The number of esters is 2. The van der Waals surface area contributed by atoms with Gasteiger partial charge in [-0.1, -0.05) is 18.2 Å². The van der Waals surface area contributed by atoms with Crippen LogP contribution in [0.3, 0.4) is 0 Å². The molecular formula is C17H18N2O5. The van der Waals surface area contributed by atoms with Crippen LogP contribution in [0.1, 0.15) is 17.3 Å². The van der Waals surface area contributed by atoms with Crippen LogP contribution < -0.4 is 0 Å². The molecule has 4 rings (SSSR count). The van der Waals surface area contributed by atoms with E-state index in [9.17, 15) is 9.59 Å². The second kappa shape index (κ2) is 5.61. The SMILES string of the molecule is COC(=O)[C@@H]1[C@H]2c3[nH]c4ccccc4c3CCN2O[C@H]1C(=O)OC. The molecule has 126 valence electrons. The number of ether oxygens (including phenoxy) is 2. The molecular weight excluding hydrogens is 312 g/mol. The minimum absolute atomic E-state index is 0.391. The third-order valence-corrected chi connectivity index (χ3v) is 4.86. The maximum atomic E-state index is 12.4. The number of fused-ring (bicyclic) bond motifs is 5. The van der Waals surface area contributed by atoms with E-state index < -0.39 is 30.0 Å². The normalized spacial score (nSPS) is 26.0. The van der Waals surface area contributed by atoms with Crippen molar-refractivity contribution in [2.75, 3.05) is 20.8 Å². The third-order valence-electron chi connectivity index (χ3n) is 4.86. The van der Waals surface area contributed by atoms with Gasteiger partial charge in [0.25, 0.3) is 0 Å². The number of hydrogen-bond donors (Lipinski definition) is 1. The van der Waals surface area contributed by atoms with Gasteiger partial charge in [-0.3, -0.25) is 9.63 Å². The summed E-state index contributed by atoms with van der Waals surface area (Å²) in [5, 5.41) is 2.83. The maximum absolute atomic E-state index is 12.4. The zero-order chi connectivity index (χ0) is 16.8. The summed E-state index contributed by atoms with van der Waals surface area (Å²) in [6.45, 7) is 0.598. The first-order valence-corrected chi connectivity index (χ1v) is 7.84. The third kappa shape index (κ3) is 2.05. The molecule has 0 radical (unpaired) electrons. The van der Waals surface area contributed by atoms with Gasteiger partial charge in [-0.25, -0.2) is 4.79 Å². The lowest BCUT2D eigenvalue weighted by atomic mass is 9.87. The summed E-state index contributed by atoms with van der Waals surface area (Å²) in [5.74, 6) is -1.82. The molecule has 24 heavy (non-hydrogen) atoms. The van der Waals surface area contributed by atoms with Gasteiger partial charge in [0.1, 0.15) is 5.92 Å². The Morgan fingerprint density at radius 1 is 1.21 bits per heavy atom. The molecule has 0 spiro atoms. The molecule has 1 saturated heterocycles. The Morgan fingerprint density at radius 2 is 1.96 bits per heavy atom. The predicted molar refractivity (Wildman–Crippen MR) is 83.8 cm³/mol. The van der Waals surface area contributed by atoms with Gasteiger partial charge < -0.3 is 14.5 Å². The van der Waals surface area contributed by atoms with E-state index in [4.69, 9.17) is 14.3 Å². The van der Waals surface area contributed by atoms with E-state index in [0.717, 1.165) is 28.6 Å². The Hall–Kier alpha value is -2.38. The molecule has 3 atom stereocenters. The van der Waals surface area contributed by atoms with Crippen LogP contribution in [0.25, 0.3) is 10.9 Å². The van der Waals surface area contributed by atoms with Crippen molar-refractivity contribution >= 4 is 22.8 Å². The number of methoxy groups -OCH3 is 2. The monoisotopic (exact) mass is 330 g/mol. The van der Waals surface area contributed by atoms with Crippen LogP contribution in [-0.4, -0.2) is 48.9 Å². The van der Waals surface area contributed by atoms with Crippen LogP contribution >= 0.6 is 0 Å². The van der Waals surface area contributed by atoms with Gasteiger partial charge >= 0.3 is 11.9 Å². The van der Waals surface area contributed by atoms with E-state index in [1.165, 1.54) is 14.2 Å².